The molecular formula is C11H16N4O4. The maximum Gasteiger partial charge on any atom is 0.339 e. The lowest BCUT2D eigenvalue weighted by molar-refractivity contribution is -0.385. The van der Waals surface area contributed by atoms with Gasteiger partial charge in [-0.3, -0.25) is 10.1 Å². The van der Waals surface area contributed by atoms with Crippen LogP contribution in [-0.4, -0.2) is 52.6 Å². The summed E-state index contributed by atoms with van der Waals surface area (Å²) in [4.78, 5) is 26.8. The molecule has 0 spiro atoms. The fourth-order valence-electron chi connectivity index (χ4n) is 1.66. The van der Waals surface area contributed by atoms with E-state index in [0.29, 0.717) is 6.54 Å². The standard InChI is InChI=1S/C11H16N4O4/c1-7(6-14(2)3)13-10-9(11(16)17)4-8(5-12-10)15(18)19/h4-5,7H,6H2,1-3H3,(H,12,13)(H,16,17). The van der Waals surface area contributed by atoms with Crippen LogP contribution in [0.3, 0.4) is 0 Å². The molecule has 1 unspecified atom stereocenters. The predicted molar refractivity (Wildman–Crippen MR) is 69.5 cm³/mol. The molecule has 1 rings (SSSR count). The highest BCUT2D eigenvalue weighted by molar-refractivity contribution is 5.93. The van der Waals surface area contributed by atoms with Gasteiger partial charge in [0.05, 0.1) is 4.92 Å². The molecule has 0 saturated carbocycles. The summed E-state index contributed by atoms with van der Waals surface area (Å²) in [6.07, 6.45) is 1.04. The Morgan fingerprint density at radius 2 is 2.26 bits per heavy atom. The number of nitrogens with zero attached hydrogens (tertiary/aromatic N) is 3. The molecular weight excluding hydrogens is 252 g/mol. The Morgan fingerprint density at radius 3 is 2.74 bits per heavy atom. The van der Waals surface area contributed by atoms with Gasteiger partial charge in [0.25, 0.3) is 5.69 Å². The fourth-order valence-corrected chi connectivity index (χ4v) is 1.66. The van der Waals surface area contributed by atoms with Gasteiger partial charge in [-0.05, 0) is 21.0 Å². The highest BCUT2D eigenvalue weighted by Crippen LogP contribution is 2.19. The van der Waals surface area contributed by atoms with Crippen LogP contribution in [0.15, 0.2) is 12.3 Å². The first-order valence-corrected chi connectivity index (χ1v) is 5.60. The Morgan fingerprint density at radius 1 is 1.63 bits per heavy atom. The van der Waals surface area contributed by atoms with E-state index in [9.17, 15) is 14.9 Å². The van der Waals surface area contributed by atoms with Gasteiger partial charge in [-0.1, -0.05) is 0 Å². The van der Waals surface area contributed by atoms with Crippen LogP contribution in [0.1, 0.15) is 17.3 Å². The Labute approximate surface area is 110 Å². The molecule has 0 aliphatic carbocycles. The van der Waals surface area contributed by atoms with Crippen LogP contribution >= 0.6 is 0 Å². The molecule has 1 heterocycles. The quantitative estimate of drug-likeness (QED) is 0.586. The summed E-state index contributed by atoms with van der Waals surface area (Å²) in [6, 6.07) is 0.960. The smallest absolute Gasteiger partial charge is 0.339 e. The van der Waals surface area contributed by atoms with E-state index in [1.807, 2.05) is 25.9 Å². The molecule has 0 aliphatic heterocycles. The average Bonchev–Trinajstić information content (AvgIpc) is 2.27. The van der Waals surface area contributed by atoms with Crippen molar-refractivity contribution in [3.05, 3.63) is 27.9 Å². The molecule has 2 N–H and O–H groups in total. The zero-order valence-corrected chi connectivity index (χ0v) is 11.0. The second kappa shape index (κ2) is 6.10. The Hall–Kier alpha value is -2.22. The van der Waals surface area contributed by atoms with Crippen molar-refractivity contribution in [3.8, 4) is 0 Å². The minimum atomic E-state index is -1.25. The third-order valence-electron chi connectivity index (χ3n) is 2.34. The van der Waals surface area contributed by atoms with Gasteiger partial charge in [0, 0.05) is 18.7 Å². The second-order valence-corrected chi connectivity index (χ2v) is 4.46. The van der Waals surface area contributed by atoms with Crippen LogP contribution < -0.4 is 5.32 Å². The lowest BCUT2D eigenvalue weighted by Gasteiger charge is -2.19. The molecule has 0 fully saturated rings. The molecule has 8 heteroatoms. The van der Waals surface area contributed by atoms with Crippen LogP contribution in [0.2, 0.25) is 0 Å². The predicted octanol–water partition coefficient (Wildman–Crippen LogP) is 1.05. The number of hydrogen-bond acceptors (Lipinski definition) is 6. The van der Waals surface area contributed by atoms with Crippen LogP contribution in [0.4, 0.5) is 11.5 Å². The van der Waals surface area contributed by atoms with E-state index < -0.39 is 10.9 Å². The lowest BCUT2D eigenvalue weighted by atomic mass is 10.2. The number of likely N-dealkylation sites (N-methyl/N-ethyl adjacent to an activating group) is 1. The largest absolute Gasteiger partial charge is 0.478 e. The lowest BCUT2D eigenvalue weighted by Crippen LogP contribution is -2.30. The Bertz CT molecular complexity index is 490. The molecule has 0 aromatic carbocycles. The molecule has 1 atom stereocenters. The van der Waals surface area contributed by atoms with Gasteiger partial charge in [0.1, 0.15) is 17.6 Å². The summed E-state index contributed by atoms with van der Waals surface area (Å²) in [5.41, 5.74) is -0.553. The third kappa shape index (κ3) is 4.18. The maximum atomic E-state index is 11.1. The van der Waals surface area contributed by atoms with E-state index in [-0.39, 0.29) is 23.1 Å². The van der Waals surface area contributed by atoms with Crippen molar-refractivity contribution in [1.29, 1.82) is 0 Å². The van der Waals surface area contributed by atoms with Gasteiger partial charge < -0.3 is 15.3 Å². The number of aromatic carboxylic acids is 1. The molecule has 8 nitrogen and oxygen atoms in total. The SMILES string of the molecule is CC(CN(C)C)Nc1ncc([N+](=O)[O-])cc1C(=O)O. The van der Waals surface area contributed by atoms with E-state index >= 15 is 0 Å². The minimum Gasteiger partial charge on any atom is -0.478 e. The van der Waals surface area contributed by atoms with Gasteiger partial charge in [0.15, 0.2) is 0 Å². The van der Waals surface area contributed by atoms with E-state index in [4.69, 9.17) is 5.11 Å². The summed E-state index contributed by atoms with van der Waals surface area (Å²) in [6.45, 7) is 2.55. The van der Waals surface area contributed by atoms with Gasteiger partial charge in [-0.25, -0.2) is 9.78 Å². The average molecular weight is 268 g/mol. The van der Waals surface area contributed by atoms with Crippen molar-refractivity contribution in [2.75, 3.05) is 26.0 Å². The van der Waals surface area contributed by atoms with Gasteiger partial charge in [-0.15, -0.1) is 0 Å². The van der Waals surface area contributed by atoms with Crippen LogP contribution in [0, 0.1) is 10.1 Å². The summed E-state index contributed by atoms with van der Waals surface area (Å²) < 4.78 is 0. The molecule has 0 bridgehead atoms. The Balaban J connectivity index is 3.00. The van der Waals surface area contributed by atoms with Crippen molar-refractivity contribution >= 4 is 17.5 Å². The molecule has 0 saturated heterocycles. The molecule has 104 valence electrons. The molecule has 0 amide bonds. The summed E-state index contributed by atoms with van der Waals surface area (Å²) in [5, 5.41) is 22.6. The fraction of sp³-hybridized carbons (Fsp3) is 0.455. The van der Waals surface area contributed by atoms with E-state index in [2.05, 4.69) is 10.3 Å². The zero-order chi connectivity index (χ0) is 14.6. The zero-order valence-electron chi connectivity index (χ0n) is 11.0. The van der Waals surface area contributed by atoms with E-state index in [1.165, 1.54) is 0 Å². The highest BCUT2D eigenvalue weighted by Gasteiger charge is 2.18. The van der Waals surface area contributed by atoms with E-state index in [1.54, 1.807) is 0 Å². The first-order chi connectivity index (χ1) is 8.81. The van der Waals surface area contributed by atoms with Crippen molar-refractivity contribution < 1.29 is 14.8 Å². The van der Waals surface area contributed by atoms with Crippen molar-refractivity contribution in [2.24, 2.45) is 0 Å². The minimum absolute atomic E-state index is 0.0398. The molecule has 19 heavy (non-hydrogen) atoms. The Kier molecular flexibility index (Phi) is 4.76. The number of carboxylic acid groups (broad SMARTS) is 1. The number of anilines is 1. The first-order valence-electron chi connectivity index (χ1n) is 5.60. The topological polar surface area (TPSA) is 109 Å². The number of carbonyl (C=O) groups is 1. The molecule has 0 aliphatic rings. The third-order valence-corrected chi connectivity index (χ3v) is 2.34. The first kappa shape index (κ1) is 14.8. The molecule has 1 aromatic rings. The maximum absolute atomic E-state index is 11.1. The number of pyridine rings is 1. The number of nitrogens with one attached hydrogen (secondary N) is 1. The van der Waals surface area contributed by atoms with E-state index in [0.717, 1.165) is 12.3 Å². The van der Waals surface area contributed by atoms with Crippen molar-refractivity contribution in [3.63, 3.8) is 0 Å². The van der Waals surface area contributed by atoms with Crippen molar-refractivity contribution in [1.82, 2.24) is 9.88 Å². The van der Waals surface area contributed by atoms with Crippen LogP contribution in [-0.2, 0) is 0 Å². The molecule has 1 aromatic heterocycles. The summed E-state index contributed by atoms with van der Waals surface area (Å²) >= 11 is 0. The molecule has 0 radical (unpaired) electrons. The van der Waals surface area contributed by atoms with Crippen LogP contribution in [0.5, 0.6) is 0 Å². The summed E-state index contributed by atoms with van der Waals surface area (Å²) in [5.74, 6) is -1.12. The second-order valence-electron chi connectivity index (χ2n) is 4.46. The number of carboxylic acids is 1. The van der Waals surface area contributed by atoms with Crippen LogP contribution in [0.25, 0.3) is 0 Å². The van der Waals surface area contributed by atoms with Gasteiger partial charge in [0.2, 0.25) is 0 Å². The highest BCUT2D eigenvalue weighted by atomic mass is 16.6. The number of rotatable bonds is 6. The number of nitro groups is 1. The monoisotopic (exact) mass is 268 g/mol. The van der Waals surface area contributed by atoms with Gasteiger partial charge in [-0.2, -0.15) is 0 Å². The normalized spacial score (nSPS) is 12.2. The number of aromatic nitrogens is 1. The summed E-state index contributed by atoms with van der Waals surface area (Å²) in [7, 11) is 3.78. The van der Waals surface area contributed by atoms with Gasteiger partial charge >= 0.3 is 5.97 Å². The van der Waals surface area contributed by atoms with Crippen molar-refractivity contribution in [2.45, 2.75) is 13.0 Å². The number of hydrogen-bond donors (Lipinski definition) is 2.